The summed E-state index contributed by atoms with van der Waals surface area (Å²) in [5.74, 6) is 0.982. The number of hydrogen-bond donors (Lipinski definition) is 1. The van der Waals surface area contributed by atoms with E-state index >= 15 is 0 Å². The van der Waals surface area contributed by atoms with E-state index in [0.717, 1.165) is 37.6 Å². The minimum atomic E-state index is 0.00389. The number of ether oxygens (including phenoxy) is 2. The first-order chi connectivity index (χ1) is 14.3. The first-order valence-electron chi connectivity index (χ1n) is 10.3. The van der Waals surface area contributed by atoms with Crippen molar-refractivity contribution in [2.75, 3.05) is 49.6 Å². The molecule has 2 aromatic rings. The van der Waals surface area contributed by atoms with Gasteiger partial charge < -0.3 is 19.7 Å². The number of anilines is 2. The van der Waals surface area contributed by atoms with Gasteiger partial charge in [-0.3, -0.25) is 9.69 Å². The largest absolute Gasteiger partial charge is 0.372 e. The molecule has 2 atom stereocenters. The van der Waals surface area contributed by atoms with E-state index in [2.05, 4.69) is 21.3 Å². The molecular weight excluding hydrogens is 368 g/mol. The monoisotopic (exact) mass is 394 g/mol. The van der Waals surface area contributed by atoms with Crippen molar-refractivity contribution >= 4 is 17.4 Å². The maximum Gasteiger partial charge on any atom is 0.241 e. The minimum Gasteiger partial charge on any atom is -0.372 e. The van der Waals surface area contributed by atoms with Gasteiger partial charge in [0.2, 0.25) is 5.91 Å². The van der Waals surface area contributed by atoms with Crippen LogP contribution in [0.15, 0.2) is 48.7 Å². The van der Waals surface area contributed by atoms with Crippen LogP contribution in [0.5, 0.6) is 0 Å². The normalized spacial score (nSPS) is 24.8. The number of carbonyl (C=O) groups excluding carboxylic acids is 1. The predicted molar refractivity (Wildman–Crippen MR) is 110 cm³/mol. The van der Waals surface area contributed by atoms with Gasteiger partial charge in [-0.05, 0) is 30.2 Å². The summed E-state index contributed by atoms with van der Waals surface area (Å²) in [5, 5.41) is 3.36. The smallest absolute Gasteiger partial charge is 0.241 e. The number of hydrogen-bond acceptors (Lipinski definition) is 6. The molecule has 152 valence electrons. The van der Waals surface area contributed by atoms with Crippen molar-refractivity contribution in [3.05, 3.63) is 54.2 Å². The molecular formula is C22H26N4O3. The Balaban J connectivity index is 1.14. The number of para-hydroxylation sites is 1. The number of benzene rings is 1. The molecule has 1 N–H and O–H groups in total. The molecule has 0 bridgehead atoms. The fourth-order valence-corrected chi connectivity index (χ4v) is 4.41. The molecule has 29 heavy (non-hydrogen) atoms. The zero-order valence-corrected chi connectivity index (χ0v) is 16.4. The van der Waals surface area contributed by atoms with E-state index in [1.165, 1.54) is 5.56 Å². The molecule has 5 rings (SSSR count). The molecule has 3 aliphatic rings. The van der Waals surface area contributed by atoms with E-state index in [1.807, 2.05) is 41.3 Å². The second-order valence-electron chi connectivity index (χ2n) is 7.92. The highest BCUT2D eigenvalue weighted by molar-refractivity contribution is 5.96. The Morgan fingerprint density at radius 3 is 2.59 bits per heavy atom. The van der Waals surface area contributed by atoms with Crippen molar-refractivity contribution in [3.8, 4) is 0 Å². The molecule has 1 aromatic heterocycles. The summed E-state index contributed by atoms with van der Waals surface area (Å²) in [6, 6.07) is 14.0. The Morgan fingerprint density at radius 2 is 1.83 bits per heavy atom. The number of likely N-dealkylation sites (tertiary alicyclic amines) is 1. The number of fused-ring (bicyclic) bond motifs is 2. The molecule has 0 radical (unpaired) electrons. The Bertz CT molecular complexity index is 846. The van der Waals surface area contributed by atoms with Gasteiger partial charge in [0.05, 0.1) is 38.0 Å². The van der Waals surface area contributed by atoms with Gasteiger partial charge in [-0.15, -0.1) is 0 Å². The standard InChI is InChI=1S/C22H26N4O3/c27-22(26-10-8-16-5-1-2-6-18(16)26)13-25-11-19-20(12-25)29-15-17(14-28-19)24-21-7-3-4-9-23-21/h1-7,9,17,19-20H,8,10-15H2,(H,23,24)/t19-,20-/m0/s1. The fraction of sp³-hybridized carbons (Fsp3) is 0.455. The SMILES string of the molecule is O=C(CN1C[C@@H]2OCC(Nc3ccccn3)CO[C@H]2C1)N1CCc2ccccc21. The van der Waals surface area contributed by atoms with Crippen molar-refractivity contribution in [2.45, 2.75) is 24.7 Å². The maximum atomic E-state index is 12.9. The number of amides is 1. The van der Waals surface area contributed by atoms with Crippen molar-refractivity contribution in [1.82, 2.24) is 9.88 Å². The molecule has 2 fully saturated rings. The van der Waals surface area contributed by atoms with Gasteiger partial charge in [-0.25, -0.2) is 4.98 Å². The summed E-state index contributed by atoms with van der Waals surface area (Å²) < 4.78 is 12.2. The molecule has 0 aliphatic carbocycles. The van der Waals surface area contributed by atoms with Crippen LogP contribution < -0.4 is 10.2 Å². The summed E-state index contributed by atoms with van der Waals surface area (Å²) in [6.45, 7) is 3.76. The van der Waals surface area contributed by atoms with Crippen molar-refractivity contribution in [3.63, 3.8) is 0 Å². The zero-order valence-electron chi connectivity index (χ0n) is 16.4. The van der Waals surface area contributed by atoms with E-state index in [-0.39, 0.29) is 24.2 Å². The highest BCUT2D eigenvalue weighted by Crippen LogP contribution is 2.28. The van der Waals surface area contributed by atoms with Crippen LogP contribution >= 0.6 is 0 Å². The fourth-order valence-electron chi connectivity index (χ4n) is 4.41. The first kappa shape index (κ1) is 18.5. The third-order valence-corrected chi connectivity index (χ3v) is 5.88. The van der Waals surface area contributed by atoms with Crippen molar-refractivity contribution in [2.24, 2.45) is 0 Å². The van der Waals surface area contributed by atoms with Crippen molar-refractivity contribution in [1.29, 1.82) is 0 Å². The number of nitrogens with one attached hydrogen (secondary N) is 1. The Hall–Kier alpha value is -2.48. The van der Waals surface area contributed by atoms with Gasteiger partial charge in [-0.1, -0.05) is 24.3 Å². The summed E-state index contributed by atoms with van der Waals surface area (Å²) >= 11 is 0. The topological polar surface area (TPSA) is 66.9 Å². The molecule has 7 heteroatoms. The van der Waals surface area contributed by atoms with E-state index in [4.69, 9.17) is 9.47 Å². The number of carbonyl (C=O) groups is 1. The molecule has 0 saturated carbocycles. The second kappa shape index (κ2) is 8.10. The summed E-state index contributed by atoms with van der Waals surface area (Å²) in [4.78, 5) is 21.3. The lowest BCUT2D eigenvalue weighted by Crippen LogP contribution is -2.39. The molecule has 0 unspecified atom stereocenters. The van der Waals surface area contributed by atoms with E-state index < -0.39 is 0 Å². The van der Waals surface area contributed by atoms with Gasteiger partial charge in [0, 0.05) is 31.5 Å². The van der Waals surface area contributed by atoms with Gasteiger partial charge in [0.1, 0.15) is 5.82 Å². The average Bonchev–Trinajstić information content (AvgIpc) is 3.30. The Kier molecular flexibility index (Phi) is 5.18. The molecule has 2 saturated heterocycles. The second-order valence-corrected chi connectivity index (χ2v) is 7.92. The number of pyridine rings is 1. The Morgan fingerprint density at radius 1 is 1.07 bits per heavy atom. The third kappa shape index (κ3) is 3.99. The lowest BCUT2D eigenvalue weighted by Gasteiger charge is -2.22. The van der Waals surface area contributed by atoms with Gasteiger partial charge in [0.15, 0.2) is 0 Å². The van der Waals surface area contributed by atoms with Crippen LogP contribution in [0.2, 0.25) is 0 Å². The molecule has 7 nitrogen and oxygen atoms in total. The molecule has 1 aromatic carbocycles. The highest BCUT2D eigenvalue weighted by Gasteiger charge is 2.39. The lowest BCUT2D eigenvalue weighted by atomic mass is 10.2. The maximum absolute atomic E-state index is 12.9. The average molecular weight is 394 g/mol. The van der Waals surface area contributed by atoms with Gasteiger partial charge in [0.25, 0.3) is 0 Å². The molecule has 3 aliphatic heterocycles. The van der Waals surface area contributed by atoms with Crippen LogP contribution in [0.1, 0.15) is 5.56 Å². The quantitative estimate of drug-likeness (QED) is 0.849. The van der Waals surface area contributed by atoms with Crippen LogP contribution in [0, 0.1) is 0 Å². The molecule has 4 heterocycles. The number of aromatic nitrogens is 1. The van der Waals surface area contributed by atoms with Crippen LogP contribution in [-0.2, 0) is 20.7 Å². The summed E-state index contributed by atoms with van der Waals surface area (Å²) in [5.41, 5.74) is 2.31. The predicted octanol–water partition coefficient (Wildman–Crippen LogP) is 1.55. The first-order valence-corrected chi connectivity index (χ1v) is 10.3. The zero-order chi connectivity index (χ0) is 19.6. The highest BCUT2D eigenvalue weighted by atomic mass is 16.6. The van der Waals surface area contributed by atoms with Crippen LogP contribution in [0.25, 0.3) is 0 Å². The Labute approximate surface area is 170 Å². The third-order valence-electron chi connectivity index (χ3n) is 5.88. The van der Waals surface area contributed by atoms with E-state index in [1.54, 1.807) is 6.20 Å². The van der Waals surface area contributed by atoms with Crippen molar-refractivity contribution < 1.29 is 14.3 Å². The minimum absolute atomic E-state index is 0.00389. The van der Waals surface area contributed by atoms with Gasteiger partial charge >= 0.3 is 0 Å². The number of nitrogens with zero attached hydrogens (tertiary/aromatic N) is 3. The van der Waals surface area contributed by atoms with E-state index in [9.17, 15) is 4.79 Å². The lowest BCUT2D eigenvalue weighted by molar-refractivity contribution is -0.119. The van der Waals surface area contributed by atoms with Crippen LogP contribution in [-0.4, -0.2) is 73.4 Å². The van der Waals surface area contributed by atoms with E-state index in [0.29, 0.717) is 19.8 Å². The summed E-state index contributed by atoms with van der Waals surface area (Å²) in [7, 11) is 0. The molecule has 1 amide bonds. The van der Waals surface area contributed by atoms with Crippen LogP contribution in [0.3, 0.4) is 0 Å². The molecule has 0 spiro atoms. The van der Waals surface area contributed by atoms with Crippen LogP contribution in [0.4, 0.5) is 11.5 Å². The van der Waals surface area contributed by atoms with Gasteiger partial charge in [-0.2, -0.15) is 0 Å². The number of rotatable bonds is 4. The summed E-state index contributed by atoms with van der Waals surface area (Å²) in [6.07, 6.45) is 2.71.